The molecule has 1 unspecified atom stereocenters. The molecule has 1 aromatic rings. The molecule has 0 spiro atoms. The summed E-state index contributed by atoms with van der Waals surface area (Å²) < 4.78 is 13.8. The molecule has 0 saturated carbocycles. The number of benzene rings is 1. The molecule has 1 atom stereocenters. The molecule has 182 valence electrons. The van der Waals surface area contributed by atoms with E-state index in [9.17, 15) is 14.0 Å². The Morgan fingerprint density at radius 1 is 1.18 bits per heavy atom. The first-order valence-corrected chi connectivity index (χ1v) is 12.5. The van der Waals surface area contributed by atoms with Crippen molar-refractivity contribution in [3.05, 3.63) is 58.0 Å². The fraction of sp³-hybridized carbons (Fsp3) is 0.480. The van der Waals surface area contributed by atoms with Crippen molar-refractivity contribution in [2.45, 2.75) is 39.3 Å². The standard InChI is InChI=1S/C25H32FN5O2S/c1-16(2)29(5)24(33)22-17(3)27-25-31(23(22)18-6-8-19(26)9-7-18)20(15-34-25)14-21(32)30-12-10-28(4)11-13-30/h6-9,15-16,23H,10-14H2,1-5H3. The summed E-state index contributed by atoms with van der Waals surface area (Å²) in [5.74, 6) is -0.387. The topological polar surface area (TPSA) is 59.5 Å². The molecule has 3 aliphatic rings. The molecule has 0 aliphatic carbocycles. The fourth-order valence-corrected chi connectivity index (χ4v) is 5.31. The number of halogens is 1. The van der Waals surface area contributed by atoms with Gasteiger partial charge in [-0.25, -0.2) is 9.38 Å². The molecule has 3 aliphatic heterocycles. The van der Waals surface area contributed by atoms with Gasteiger partial charge in [-0.05, 0) is 50.9 Å². The van der Waals surface area contributed by atoms with Gasteiger partial charge in [0.05, 0.1) is 23.7 Å². The lowest BCUT2D eigenvalue weighted by atomic mass is 9.92. The lowest BCUT2D eigenvalue weighted by molar-refractivity contribution is -0.132. The van der Waals surface area contributed by atoms with Gasteiger partial charge in [0.15, 0.2) is 5.17 Å². The highest BCUT2D eigenvalue weighted by Gasteiger charge is 2.41. The number of aliphatic imine (C=N–C) groups is 1. The van der Waals surface area contributed by atoms with E-state index in [1.807, 2.05) is 36.0 Å². The summed E-state index contributed by atoms with van der Waals surface area (Å²) in [7, 11) is 3.84. The number of nitrogens with zero attached hydrogens (tertiary/aromatic N) is 5. The molecule has 1 fully saturated rings. The zero-order chi connectivity index (χ0) is 24.6. The largest absolute Gasteiger partial charge is 0.340 e. The Morgan fingerprint density at radius 2 is 1.82 bits per heavy atom. The van der Waals surface area contributed by atoms with Gasteiger partial charge in [0.25, 0.3) is 5.91 Å². The molecule has 0 bridgehead atoms. The summed E-state index contributed by atoms with van der Waals surface area (Å²) in [6.07, 6.45) is 0.230. The normalized spacial score (nSPS) is 21.0. The highest BCUT2D eigenvalue weighted by Crippen LogP contribution is 2.45. The van der Waals surface area contributed by atoms with Crippen LogP contribution >= 0.6 is 11.8 Å². The van der Waals surface area contributed by atoms with E-state index in [1.165, 1.54) is 23.9 Å². The summed E-state index contributed by atoms with van der Waals surface area (Å²) in [5.41, 5.74) is 2.79. The fourth-order valence-electron chi connectivity index (χ4n) is 4.35. The Balaban J connectivity index is 1.69. The van der Waals surface area contributed by atoms with Crippen molar-refractivity contribution in [2.75, 3.05) is 40.3 Å². The third-order valence-corrected chi connectivity index (χ3v) is 7.59. The van der Waals surface area contributed by atoms with Crippen LogP contribution in [0.25, 0.3) is 0 Å². The number of carbonyl (C=O) groups is 2. The summed E-state index contributed by atoms with van der Waals surface area (Å²) in [6.45, 7) is 8.90. The number of piperazine rings is 1. The second-order valence-electron chi connectivity index (χ2n) is 9.32. The highest BCUT2D eigenvalue weighted by atomic mass is 32.2. The van der Waals surface area contributed by atoms with Crippen LogP contribution in [-0.4, -0.2) is 82.9 Å². The Hall–Kier alpha value is -2.65. The van der Waals surface area contributed by atoms with Gasteiger partial charge in [-0.1, -0.05) is 23.9 Å². The maximum absolute atomic E-state index is 13.8. The van der Waals surface area contributed by atoms with Crippen molar-refractivity contribution in [3.63, 3.8) is 0 Å². The van der Waals surface area contributed by atoms with E-state index >= 15 is 0 Å². The van der Waals surface area contributed by atoms with Crippen molar-refractivity contribution in [2.24, 2.45) is 4.99 Å². The van der Waals surface area contributed by atoms with Gasteiger partial charge in [0, 0.05) is 45.0 Å². The van der Waals surface area contributed by atoms with Crippen LogP contribution < -0.4 is 0 Å². The van der Waals surface area contributed by atoms with Crippen LogP contribution in [0.3, 0.4) is 0 Å². The average Bonchev–Trinajstić information content (AvgIpc) is 3.20. The van der Waals surface area contributed by atoms with Crippen molar-refractivity contribution in [1.82, 2.24) is 19.6 Å². The molecule has 0 radical (unpaired) electrons. The first-order chi connectivity index (χ1) is 16.2. The van der Waals surface area contributed by atoms with Gasteiger partial charge in [-0.3, -0.25) is 9.59 Å². The molecule has 2 amide bonds. The summed E-state index contributed by atoms with van der Waals surface area (Å²) in [6, 6.07) is 5.76. The van der Waals surface area contributed by atoms with E-state index in [0.29, 0.717) is 24.4 Å². The number of hydrogen-bond donors (Lipinski definition) is 0. The van der Waals surface area contributed by atoms with Crippen LogP contribution in [0.5, 0.6) is 0 Å². The molecule has 4 rings (SSSR count). The molecule has 0 aromatic heterocycles. The predicted octanol–water partition coefficient (Wildman–Crippen LogP) is 3.43. The number of likely N-dealkylation sites (N-methyl/N-ethyl adjacent to an activating group) is 2. The van der Waals surface area contributed by atoms with Gasteiger partial charge >= 0.3 is 0 Å². The first-order valence-electron chi connectivity index (χ1n) is 11.6. The summed E-state index contributed by atoms with van der Waals surface area (Å²) in [5, 5.41) is 2.69. The van der Waals surface area contributed by atoms with E-state index in [4.69, 9.17) is 4.99 Å². The number of amidine groups is 1. The molecule has 3 heterocycles. The minimum absolute atomic E-state index is 0.00817. The Labute approximate surface area is 205 Å². The number of carbonyl (C=O) groups excluding carboxylic acids is 2. The molecule has 1 aromatic carbocycles. The van der Waals surface area contributed by atoms with E-state index in [-0.39, 0.29) is 30.1 Å². The quantitative estimate of drug-likeness (QED) is 0.640. The van der Waals surface area contributed by atoms with Crippen molar-refractivity contribution in [3.8, 4) is 0 Å². The summed E-state index contributed by atoms with van der Waals surface area (Å²) in [4.78, 5) is 39.3. The van der Waals surface area contributed by atoms with E-state index in [2.05, 4.69) is 11.9 Å². The van der Waals surface area contributed by atoms with E-state index in [1.54, 1.807) is 24.1 Å². The van der Waals surface area contributed by atoms with Crippen molar-refractivity contribution < 1.29 is 14.0 Å². The number of rotatable bonds is 5. The van der Waals surface area contributed by atoms with Crippen molar-refractivity contribution >= 4 is 28.7 Å². The zero-order valence-corrected chi connectivity index (χ0v) is 21.2. The smallest absolute Gasteiger partial charge is 0.254 e. The zero-order valence-electron chi connectivity index (χ0n) is 20.4. The lowest BCUT2D eigenvalue weighted by Crippen LogP contribution is -2.48. The minimum Gasteiger partial charge on any atom is -0.340 e. The predicted molar refractivity (Wildman–Crippen MR) is 133 cm³/mol. The van der Waals surface area contributed by atoms with E-state index < -0.39 is 6.04 Å². The number of thioether (sulfide) groups is 1. The van der Waals surface area contributed by atoms with Crippen LogP contribution in [0.1, 0.15) is 38.8 Å². The maximum atomic E-state index is 13.8. The molecule has 0 N–H and O–H groups in total. The Bertz CT molecular complexity index is 1060. The SMILES string of the molecule is CC1=C(C(=O)N(C)C(C)C)C(c2ccc(F)cc2)N2C(CC(=O)N3CCN(C)CC3)=CSC2=N1. The minimum atomic E-state index is -0.483. The third-order valence-electron chi connectivity index (χ3n) is 6.70. The highest BCUT2D eigenvalue weighted by molar-refractivity contribution is 8.16. The maximum Gasteiger partial charge on any atom is 0.254 e. The van der Waals surface area contributed by atoms with Crippen LogP contribution in [0, 0.1) is 5.82 Å². The van der Waals surface area contributed by atoms with Gasteiger partial charge < -0.3 is 19.6 Å². The van der Waals surface area contributed by atoms with Crippen LogP contribution in [0.4, 0.5) is 4.39 Å². The monoisotopic (exact) mass is 485 g/mol. The number of allylic oxidation sites excluding steroid dienone is 1. The molecule has 1 saturated heterocycles. The second-order valence-corrected chi connectivity index (χ2v) is 10.2. The van der Waals surface area contributed by atoms with Gasteiger partial charge in [0.1, 0.15) is 5.82 Å². The van der Waals surface area contributed by atoms with Gasteiger partial charge in [0.2, 0.25) is 5.91 Å². The van der Waals surface area contributed by atoms with Crippen LogP contribution in [0.15, 0.2) is 51.6 Å². The number of amides is 2. The molecule has 34 heavy (non-hydrogen) atoms. The number of fused-ring (bicyclic) bond motifs is 1. The van der Waals surface area contributed by atoms with Crippen LogP contribution in [-0.2, 0) is 9.59 Å². The number of hydrogen-bond acceptors (Lipinski definition) is 6. The second kappa shape index (κ2) is 9.92. The molecular weight excluding hydrogens is 453 g/mol. The third kappa shape index (κ3) is 4.77. The van der Waals surface area contributed by atoms with Gasteiger partial charge in [-0.2, -0.15) is 0 Å². The van der Waals surface area contributed by atoms with E-state index in [0.717, 1.165) is 29.5 Å². The first kappa shape index (κ1) is 24.5. The summed E-state index contributed by atoms with van der Waals surface area (Å²) >= 11 is 1.46. The Morgan fingerprint density at radius 3 is 2.44 bits per heavy atom. The lowest BCUT2D eigenvalue weighted by Gasteiger charge is -2.39. The molecular formula is C25H32FN5O2S. The molecule has 7 nitrogen and oxygen atoms in total. The Kier molecular flexibility index (Phi) is 7.14. The van der Waals surface area contributed by atoms with Gasteiger partial charge in [-0.15, -0.1) is 0 Å². The molecule has 9 heteroatoms. The van der Waals surface area contributed by atoms with Crippen LogP contribution in [0.2, 0.25) is 0 Å². The average molecular weight is 486 g/mol. The van der Waals surface area contributed by atoms with Crippen molar-refractivity contribution in [1.29, 1.82) is 0 Å².